The number of ether oxygens (including phenoxy) is 2. The maximum absolute atomic E-state index is 12.6. The van der Waals surface area contributed by atoms with Gasteiger partial charge in [0.1, 0.15) is 19.8 Å². The van der Waals surface area contributed by atoms with Crippen molar-refractivity contribution in [1.82, 2.24) is 15.3 Å². The highest BCUT2D eigenvalue weighted by molar-refractivity contribution is 7.15. The van der Waals surface area contributed by atoms with E-state index in [1.807, 2.05) is 19.9 Å². The molecule has 1 aliphatic heterocycles. The van der Waals surface area contributed by atoms with E-state index in [0.29, 0.717) is 36.7 Å². The lowest BCUT2D eigenvalue weighted by atomic mass is 9.80. The Morgan fingerprint density at radius 3 is 1.85 bits per heavy atom. The number of thiazole rings is 2. The zero-order valence-electron chi connectivity index (χ0n) is 22.4. The number of rotatable bonds is 8. The summed E-state index contributed by atoms with van der Waals surface area (Å²) in [5.41, 5.74) is 4.76. The quantitative estimate of drug-likeness (QED) is 0.196. The van der Waals surface area contributed by atoms with E-state index in [0.717, 1.165) is 22.5 Å². The highest BCUT2D eigenvalue weighted by Gasteiger charge is 2.36. The second-order valence-corrected chi connectivity index (χ2v) is 10.8. The van der Waals surface area contributed by atoms with Gasteiger partial charge in [0.2, 0.25) is 0 Å². The Hall–Kier alpha value is -3.90. The number of aromatic nitrogens is 2. The number of nitrogens with one attached hydrogen (secondary N) is 1. The fourth-order valence-electron chi connectivity index (χ4n) is 4.51. The number of nitro benzene ring substituents is 1. The Labute approximate surface area is 233 Å². The molecule has 3 heterocycles. The molecule has 0 fully saturated rings. The van der Waals surface area contributed by atoms with E-state index in [1.54, 1.807) is 33.8 Å². The Morgan fingerprint density at radius 1 is 0.923 bits per heavy atom. The number of aryl methyl sites for hydroxylation is 2. The monoisotopic (exact) mass is 568 g/mol. The molecule has 0 atom stereocenters. The van der Waals surface area contributed by atoms with E-state index >= 15 is 0 Å². The van der Waals surface area contributed by atoms with Crippen LogP contribution < -0.4 is 5.32 Å². The minimum atomic E-state index is -0.521. The van der Waals surface area contributed by atoms with Crippen molar-refractivity contribution in [2.45, 2.75) is 47.5 Å². The molecule has 0 bridgehead atoms. The summed E-state index contributed by atoms with van der Waals surface area (Å²) >= 11 is 2.43. The molecule has 39 heavy (non-hydrogen) atoms. The third-order valence-corrected chi connectivity index (χ3v) is 8.49. The second kappa shape index (κ2) is 11.5. The largest absolute Gasteiger partial charge is 0.462 e. The molecule has 2 aromatic heterocycles. The first-order valence-corrected chi connectivity index (χ1v) is 13.9. The molecule has 10 nitrogen and oxygen atoms in total. The first-order valence-electron chi connectivity index (χ1n) is 12.3. The van der Waals surface area contributed by atoms with Gasteiger partial charge in [0, 0.05) is 40.6 Å². The van der Waals surface area contributed by atoms with Crippen molar-refractivity contribution in [2.24, 2.45) is 0 Å². The van der Waals surface area contributed by atoms with Crippen LogP contribution in [0.2, 0.25) is 0 Å². The van der Waals surface area contributed by atoms with Crippen molar-refractivity contribution in [1.29, 1.82) is 0 Å². The standard InChI is InChI=1S/C27H28N4O6S2/c1-7-36-26(32)22-15(5)29-24(38-22)19-13(3)28-14(4)20(21(19)17-10-9-11-18(12-17)31(34)35)25-30-16(6)23(39-25)27(33)37-8-2/h9-12,21,28H,7-8H2,1-6H3. The van der Waals surface area contributed by atoms with Crippen molar-refractivity contribution in [2.75, 3.05) is 13.2 Å². The molecule has 0 spiro atoms. The molecule has 12 heteroatoms. The van der Waals surface area contributed by atoms with Gasteiger partial charge >= 0.3 is 11.9 Å². The summed E-state index contributed by atoms with van der Waals surface area (Å²) in [5.74, 6) is -1.42. The predicted molar refractivity (Wildman–Crippen MR) is 150 cm³/mol. The van der Waals surface area contributed by atoms with E-state index in [2.05, 4.69) is 5.32 Å². The van der Waals surface area contributed by atoms with Crippen LogP contribution in [0.15, 0.2) is 35.7 Å². The number of hydrogen-bond acceptors (Lipinski definition) is 11. The number of esters is 2. The number of benzene rings is 1. The van der Waals surface area contributed by atoms with Gasteiger partial charge in [0.15, 0.2) is 0 Å². The van der Waals surface area contributed by atoms with Crippen LogP contribution in [0.3, 0.4) is 0 Å². The molecule has 0 unspecified atom stereocenters. The smallest absolute Gasteiger partial charge is 0.350 e. The molecule has 1 aromatic carbocycles. The van der Waals surface area contributed by atoms with Crippen molar-refractivity contribution in [3.63, 3.8) is 0 Å². The Bertz CT molecular complexity index is 1450. The number of non-ortho nitro benzene ring substituents is 1. The molecule has 0 aliphatic carbocycles. The summed E-state index contributed by atoms with van der Waals surface area (Å²) in [7, 11) is 0. The number of carbonyl (C=O) groups is 2. The number of nitrogens with zero attached hydrogens (tertiary/aromatic N) is 3. The summed E-state index contributed by atoms with van der Waals surface area (Å²) in [6, 6.07) is 6.44. The minimum absolute atomic E-state index is 0.0508. The average Bonchev–Trinajstić information content (AvgIpc) is 3.46. The van der Waals surface area contributed by atoms with Gasteiger partial charge in [-0.3, -0.25) is 10.1 Å². The molecular formula is C27H28N4O6S2. The summed E-state index contributed by atoms with van der Waals surface area (Å²) in [6.07, 6.45) is 0. The highest BCUT2D eigenvalue weighted by Crippen LogP contribution is 2.49. The van der Waals surface area contributed by atoms with Crippen LogP contribution in [0, 0.1) is 24.0 Å². The molecule has 0 amide bonds. The molecule has 0 saturated carbocycles. The Balaban J connectivity index is 1.94. The van der Waals surface area contributed by atoms with Gasteiger partial charge in [-0.2, -0.15) is 0 Å². The van der Waals surface area contributed by atoms with Gasteiger partial charge in [-0.25, -0.2) is 19.6 Å². The fourth-order valence-corrected chi connectivity index (χ4v) is 6.69. The molecular weight excluding hydrogens is 540 g/mol. The van der Waals surface area contributed by atoms with Crippen LogP contribution in [0.4, 0.5) is 5.69 Å². The molecule has 0 radical (unpaired) electrons. The van der Waals surface area contributed by atoms with Crippen molar-refractivity contribution < 1.29 is 24.0 Å². The number of nitro groups is 1. The van der Waals surface area contributed by atoms with Crippen molar-refractivity contribution in [3.05, 3.63) is 82.5 Å². The van der Waals surface area contributed by atoms with Gasteiger partial charge in [0.25, 0.3) is 5.69 Å². The van der Waals surface area contributed by atoms with E-state index in [9.17, 15) is 19.7 Å². The van der Waals surface area contributed by atoms with E-state index in [-0.39, 0.29) is 18.9 Å². The molecule has 0 saturated heterocycles. The third-order valence-electron chi connectivity index (χ3n) is 6.15. The minimum Gasteiger partial charge on any atom is -0.462 e. The molecule has 1 N–H and O–H groups in total. The van der Waals surface area contributed by atoms with Crippen LogP contribution in [-0.2, 0) is 9.47 Å². The lowest BCUT2D eigenvalue weighted by Crippen LogP contribution is -2.23. The molecule has 1 aliphatic rings. The van der Waals surface area contributed by atoms with E-state index in [4.69, 9.17) is 19.4 Å². The van der Waals surface area contributed by atoms with Gasteiger partial charge in [-0.05, 0) is 47.1 Å². The topological polar surface area (TPSA) is 134 Å². The fraction of sp³-hybridized carbons (Fsp3) is 0.333. The van der Waals surface area contributed by atoms with Crippen LogP contribution >= 0.6 is 22.7 Å². The summed E-state index contributed by atoms with van der Waals surface area (Å²) in [6.45, 7) is 11.3. The van der Waals surface area contributed by atoms with Gasteiger partial charge in [-0.15, -0.1) is 22.7 Å². The lowest BCUT2D eigenvalue weighted by Gasteiger charge is -2.31. The highest BCUT2D eigenvalue weighted by atomic mass is 32.1. The average molecular weight is 569 g/mol. The van der Waals surface area contributed by atoms with E-state index in [1.165, 1.54) is 34.8 Å². The second-order valence-electron chi connectivity index (χ2n) is 8.80. The number of allylic oxidation sites excluding steroid dienone is 4. The summed E-state index contributed by atoms with van der Waals surface area (Å²) in [4.78, 5) is 46.7. The summed E-state index contributed by atoms with van der Waals surface area (Å²) in [5, 5.41) is 16.3. The Morgan fingerprint density at radius 2 is 1.41 bits per heavy atom. The first kappa shape index (κ1) is 28.1. The number of carbonyl (C=O) groups excluding carboxylic acids is 2. The predicted octanol–water partition coefficient (Wildman–Crippen LogP) is 6.03. The van der Waals surface area contributed by atoms with Crippen LogP contribution in [0.1, 0.15) is 79.9 Å². The SMILES string of the molecule is CCOC(=O)c1sc(C2=C(C)NC(C)=C(c3nc(C)c(C(=O)OCC)s3)C2c2cccc([N+](=O)[O-])c2)nc1C. The molecule has 3 aromatic rings. The number of dihydropyridines is 1. The van der Waals surface area contributed by atoms with Crippen molar-refractivity contribution >= 4 is 51.4 Å². The van der Waals surface area contributed by atoms with Crippen LogP contribution in [0.25, 0.3) is 11.1 Å². The van der Waals surface area contributed by atoms with Gasteiger partial charge in [-0.1, -0.05) is 12.1 Å². The normalized spacial score (nSPS) is 13.9. The zero-order chi connectivity index (χ0) is 28.4. The first-order chi connectivity index (χ1) is 18.6. The molecule has 204 valence electrons. The van der Waals surface area contributed by atoms with Crippen LogP contribution in [0.5, 0.6) is 0 Å². The van der Waals surface area contributed by atoms with E-state index < -0.39 is 22.8 Å². The lowest BCUT2D eigenvalue weighted by molar-refractivity contribution is -0.384. The van der Waals surface area contributed by atoms with Gasteiger partial charge < -0.3 is 14.8 Å². The summed E-state index contributed by atoms with van der Waals surface area (Å²) < 4.78 is 10.4. The maximum Gasteiger partial charge on any atom is 0.350 e. The Kier molecular flexibility index (Phi) is 8.26. The maximum atomic E-state index is 12.6. The zero-order valence-corrected chi connectivity index (χ0v) is 24.0. The number of hydrogen-bond donors (Lipinski definition) is 1. The molecule has 4 rings (SSSR count). The van der Waals surface area contributed by atoms with Crippen LogP contribution in [-0.4, -0.2) is 40.0 Å². The van der Waals surface area contributed by atoms with Gasteiger partial charge in [0.05, 0.1) is 29.5 Å². The van der Waals surface area contributed by atoms with Crippen molar-refractivity contribution in [3.8, 4) is 0 Å². The third kappa shape index (κ3) is 5.48.